The van der Waals surface area contributed by atoms with Crippen molar-refractivity contribution in [2.75, 3.05) is 13.7 Å². The van der Waals surface area contributed by atoms with Gasteiger partial charge < -0.3 is 10.5 Å². The van der Waals surface area contributed by atoms with Crippen molar-refractivity contribution in [1.82, 2.24) is 0 Å². The maximum atomic E-state index is 5.48. The van der Waals surface area contributed by atoms with Crippen LogP contribution < -0.4 is 5.73 Å². The average molecular weight is 189 g/mol. The van der Waals surface area contributed by atoms with Gasteiger partial charge in [0.15, 0.2) is 0 Å². The monoisotopic (exact) mass is 189 g/mol. The second kappa shape index (κ2) is 8.52. The van der Waals surface area contributed by atoms with Crippen LogP contribution in [0.25, 0.3) is 0 Å². The van der Waals surface area contributed by atoms with E-state index in [0.717, 1.165) is 6.61 Å². The molecule has 0 aromatic heterocycles. The Hall–Kier alpha value is -0.0800. The Labute approximate surface area is 83.8 Å². The molecule has 0 aliphatic carbocycles. The minimum atomic E-state index is 0.377. The third-order valence-electron chi connectivity index (χ3n) is 2.19. The van der Waals surface area contributed by atoms with Gasteiger partial charge in [0, 0.05) is 6.61 Å². The van der Waals surface area contributed by atoms with Crippen LogP contribution in [-0.2, 0) is 4.74 Å². The van der Waals surface area contributed by atoms with Crippen molar-refractivity contribution in [3.63, 3.8) is 0 Å². The van der Waals surface area contributed by atoms with Gasteiger partial charge in [-0.3, -0.25) is 0 Å². The van der Waals surface area contributed by atoms with Crippen molar-refractivity contribution >= 4 is 0 Å². The van der Waals surface area contributed by atoms with Gasteiger partial charge in [-0.15, -0.1) is 0 Å². The molecular formula is C11H27NO. The summed E-state index contributed by atoms with van der Waals surface area (Å²) in [6, 6.07) is 0. The Morgan fingerprint density at radius 1 is 1.23 bits per heavy atom. The lowest BCUT2D eigenvalue weighted by atomic mass is 9.87. The molecule has 0 aliphatic rings. The first-order valence-electron chi connectivity index (χ1n) is 5.17. The summed E-state index contributed by atoms with van der Waals surface area (Å²) in [7, 11) is 1.50. The molecule has 82 valence electrons. The Balaban J connectivity index is 0. The summed E-state index contributed by atoms with van der Waals surface area (Å²) in [5.74, 6) is 0. The second-order valence-electron chi connectivity index (χ2n) is 4.19. The van der Waals surface area contributed by atoms with Crippen LogP contribution in [0.5, 0.6) is 0 Å². The van der Waals surface area contributed by atoms with Crippen molar-refractivity contribution in [2.45, 2.75) is 53.6 Å². The highest BCUT2D eigenvalue weighted by Crippen LogP contribution is 2.24. The number of hydrogen-bond acceptors (Lipinski definition) is 2. The Morgan fingerprint density at radius 2 is 1.69 bits per heavy atom. The Morgan fingerprint density at radius 3 is 2.00 bits per heavy atom. The lowest BCUT2D eigenvalue weighted by molar-refractivity contribution is 0.0568. The molecule has 0 atom stereocenters. The molecule has 0 unspecified atom stereocenters. The third-order valence-corrected chi connectivity index (χ3v) is 2.19. The first kappa shape index (κ1) is 15.4. The average Bonchev–Trinajstić information content (AvgIpc) is 2.07. The van der Waals surface area contributed by atoms with Gasteiger partial charge >= 0.3 is 0 Å². The minimum Gasteiger partial charge on any atom is -0.379 e. The molecule has 0 saturated heterocycles. The van der Waals surface area contributed by atoms with Gasteiger partial charge in [-0.2, -0.15) is 0 Å². The van der Waals surface area contributed by atoms with E-state index in [1.165, 1.54) is 19.9 Å². The van der Waals surface area contributed by atoms with E-state index in [1.807, 2.05) is 0 Å². The standard InChI is InChI=1S/C10H22O.CH5N/c1-6-10(4,5)7-8-11-9(2)3;1-2/h9H,6-8H2,1-5H3;2H2,1H3. The first-order valence-corrected chi connectivity index (χ1v) is 5.17. The lowest BCUT2D eigenvalue weighted by Crippen LogP contribution is -2.15. The fourth-order valence-electron chi connectivity index (χ4n) is 0.748. The van der Waals surface area contributed by atoms with Gasteiger partial charge in [-0.25, -0.2) is 0 Å². The molecule has 0 aromatic rings. The molecule has 0 saturated carbocycles. The van der Waals surface area contributed by atoms with Crippen LogP contribution in [0.3, 0.4) is 0 Å². The van der Waals surface area contributed by atoms with Gasteiger partial charge in [0.25, 0.3) is 0 Å². The Kier molecular flexibility index (Phi) is 10.1. The van der Waals surface area contributed by atoms with Gasteiger partial charge in [-0.1, -0.05) is 27.2 Å². The molecule has 0 fully saturated rings. The van der Waals surface area contributed by atoms with E-state index in [9.17, 15) is 0 Å². The molecule has 0 radical (unpaired) electrons. The molecule has 0 aromatic carbocycles. The molecule has 13 heavy (non-hydrogen) atoms. The van der Waals surface area contributed by atoms with E-state index in [-0.39, 0.29) is 0 Å². The highest BCUT2D eigenvalue weighted by Gasteiger charge is 2.14. The van der Waals surface area contributed by atoms with E-state index >= 15 is 0 Å². The zero-order valence-corrected chi connectivity index (χ0v) is 10.2. The van der Waals surface area contributed by atoms with Gasteiger partial charge in [0.2, 0.25) is 0 Å². The third kappa shape index (κ3) is 11.9. The maximum absolute atomic E-state index is 5.48. The lowest BCUT2D eigenvalue weighted by Gasteiger charge is -2.22. The van der Waals surface area contributed by atoms with E-state index in [4.69, 9.17) is 4.74 Å². The van der Waals surface area contributed by atoms with Gasteiger partial charge in [-0.05, 0) is 32.7 Å². The molecule has 0 rings (SSSR count). The SMILES string of the molecule is CCC(C)(C)CCOC(C)C.CN. The summed E-state index contributed by atoms with van der Waals surface area (Å²) < 4.78 is 5.48. The molecule has 0 spiro atoms. The van der Waals surface area contributed by atoms with Crippen LogP contribution in [0.4, 0.5) is 0 Å². The van der Waals surface area contributed by atoms with Crippen molar-refractivity contribution in [3.8, 4) is 0 Å². The second-order valence-corrected chi connectivity index (χ2v) is 4.19. The van der Waals surface area contributed by atoms with Crippen LogP contribution >= 0.6 is 0 Å². The number of hydrogen-bond donors (Lipinski definition) is 1. The normalized spacial score (nSPS) is 11.1. The largest absolute Gasteiger partial charge is 0.379 e. The summed E-state index contributed by atoms with van der Waals surface area (Å²) in [5, 5.41) is 0. The van der Waals surface area contributed by atoms with Crippen LogP contribution in [-0.4, -0.2) is 19.8 Å². The smallest absolute Gasteiger partial charge is 0.0518 e. The predicted molar refractivity (Wildman–Crippen MR) is 59.9 cm³/mol. The summed E-state index contributed by atoms with van der Waals surface area (Å²) in [6.07, 6.45) is 2.78. The quantitative estimate of drug-likeness (QED) is 0.722. The zero-order chi connectivity index (χ0) is 10.9. The van der Waals surface area contributed by atoms with Crippen molar-refractivity contribution in [2.24, 2.45) is 11.1 Å². The topological polar surface area (TPSA) is 35.2 Å². The van der Waals surface area contributed by atoms with Crippen molar-refractivity contribution in [3.05, 3.63) is 0 Å². The van der Waals surface area contributed by atoms with E-state index in [1.54, 1.807) is 0 Å². The van der Waals surface area contributed by atoms with Crippen molar-refractivity contribution < 1.29 is 4.74 Å². The molecule has 0 amide bonds. The zero-order valence-electron chi connectivity index (χ0n) is 10.2. The van der Waals surface area contributed by atoms with Crippen LogP contribution in [0.15, 0.2) is 0 Å². The van der Waals surface area contributed by atoms with E-state index in [2.05, 4.69) is 40.4 Å². The summed E-state index contributed by atoms with van der Waals surface area (Å²) in [5.41, 5.74) is 4.95. The highest BCUT2D eigenvalue weighted by molar-refractivity contribution is 4.65. The fourth-order valence-corrected chi connectivity index (χ4v) is 0.748. The molecule has 0 bridgehead atoms. The molecule has 2 heteroatoms. The summed E-state index contributed by atoms with van der Waals surface area (Å²) >= 11 is 0. The molecule has 2 nitrogen and oxygen atoms in total. The van der Waals surface area contributed by atoms with Crippen LogP contribution in [0.1, 0.15) is 47.5 Å². The van der Waals surface area contributed by atoms with E-state index in [0.29, 0.717) is 11.5 Å². The molecule has 0 heterocycles. The fraction of sp³-hybridized carbons (Fsp3) is 1.00. The van der Waals surface area contributed by atoms with E-state index < -0.39 is 0 Å². The summed E-state index contributed by atoms with van der Waals surface area (Å²) in [4.78, 5) is 0. The number of nitrogens with two attached hydrogens (primary N) is 1. The minimum absolute atomic E-state index is 0.377. The predicted octanol–water partition coefficient (Wildman–Crippen LogP) is 2.81. The molecule has 0 aliphatic heterocycles. The molecule has 2 N–H and O–H groups in total. The van der Waals surface area contributed by atoms with Gasteiger partial charge in [0.05, 0.1) is 6.10 Å². The number of ether oxygens (including phenoxy) is 1. The molecular weight excluding hydrogens is 162 g/mol. The first-order chi connectivity index (χ1) is 5.98. The van der Waals surface area contributed by atoms with Crippen LogP contribution in [0.2, 0.25) is 0 Å². The maximum Gasteiger partial charge on any atom is 0.0518 e. The van der Waals surface area contributed by atoms with Crippen molar-refractivity contribution in [1.29, 1.82) is 0 Å². The summed E-state index contributed by atoms with van der Waals surface area (Å²) in [6.45, 7) is 11.9. The highest BCUT2D eigenvalue weighted by atomic mass is 16.5. The van der Waals surface area contributed by atoms with Crippen LogP contribution in [0, 0.1) is 5.41 Å². The Bertz CT molecular complexity index is 100. The van der Waals surface area contributed by atoms with Gasteiger partial charge in [0.1, 0.15) is 0 Å². The number of rotatable bonds is 5.